The predicted octanol–water partition coefficient (Wildman–Crippen LogP) is 10.8. The molecule has 0 radical (unpaired) electrons. The first-order chi connectivity index (χ1) is 25.3. The van der Waals surface area contributed by atoms with Crippen molar-refractivity contribution in [1.82, 2.24) is 19.5 Å². The number of nitrogens with zero attached hydrogens (tertiary/aromatic N) is 4. The lowest BCUT2D eigenvalue weighted by atomic mass is 9.61. The van der Waals surface area contributed by atoms with E-state index in [0.717, 1.165) is 45.0 Å². The molecule has 0 bridgehead atoms. The van der Waals surface area contributed by atoms with Crippen molar-refractivity contribution in [2.24, 2.45) is 0 Å². The zero-order valence-corrected chi connectivity index (χ0v) is 27.4. The molecule has 2 aliphatic heterocycles. The van der Waals surface area contributed by atoms with E-state index in [1.54, 1.807) is 0 Å². The molecular weight excluding hydrogens is 625 g/mol. The molecule has 0 aliphatic carbocycles. The van der Waals surface area contributed by atoms with Crippen molar-refractivity contribution >= 4 is 21.8 Å². The van der Waals surface area contributed by atoms with Crippen molar-refractivity contribution in [1.29, 1.82) is 0 Å². The van der Waals surface area contributed by atoms with Crippen LogP contribution in [0.1, 0.15) is 22.3 Å². The number of rotatable bonds is 3. The smallest absolute Gasteiger partial charge is 0.164 e. The quantitative estimate of drug-likeness (QED) is 0.191. The maximum Gasteiger partial charge on any atom is 0.164 e. The topological polar surface area (TPSA) is 52.8 Å². The fourth-order valence-electron chi connectivity index (χ4n) is 8.40. The highest BCUT2D eigenvalue weighted by Crippen LogP contribution is 2.60. The minimum atomic E-state index is -0.682. The predicted molar refractivity (Wildman–Crippen MR) is 202 cm³/mol. The standard InChI is InChI=1S/C46H28N4O/c1-3-14-29(15-4-1)43-47-44(30-16-5-2-6-17-30)49-45(48-43)31-26-27-41-37(28-31)46(35-21-9-12-25-40(35)51-41)34-20-8-11-24-39(34)50-38-23-10-7-18-32(38)33-19-13-22-36(46)42(33)50/h1-28H. The molecule has 4 heterocycles. The fraction of sp³-hybridized carbons (Fsp3) is 0.0217. The van der Waals surface area contributed by atoms with E-state index in [-0.39, 0.29) is 0 Å². The third-order valence-electron chi connectivity index (χ3n) is 10.5. The second-order valence-electron chi connectivity index (χ2n) is 13.2. The van der Waals surface area contributed by atoms with Crippen molar-refractivity contribution < 1.29 is 4.74 Å². The second-order valence-corrected chi connectivity index (χ2v) is 13.2. The summed E-state index contributed by atoms with van der Waals surface area (Å²) in [6.07, 6.45) is 0. The van der Waals surface area contributed by atoms with Crippen molar-refractivity contribution in [3.63, 3.8) is 0 Å². The fourth-order valence-corrected chi connectivity index (χ4v) is 8.40. The Labute approximate surface area is 294 Å². The summed E-state index contributed by atoms with van der Waals surface area (Å²) in [5.74, 6) is 3.54. The summed E-state index contributed by atoms with van der Waals surface area (Å²) in [6.45, 7) is 0. The number of fused-ring (bicyclic) bond motifs is 11. The number of ether oxygens (including phenoxy) is 1. The Morgan fingerprint density at radius 1 is 0.412 bits per heavy atom. The van der Waals surface area contributed by atoms with Crippen molar-refractivity contribution in [2.75, 3.05) is 0 Å². The van der Waals surface area contributed by atoms with Gasteiger partial charge in [0, 0.05) is 38.6 Å². The average Bonchev–Trinajstić information content (AvgIpc) is 3.55. The van der Waals surface area contributed by atoms with E-state index in [9.17, 15) is 0 Å². The molecule has 5 nitrogen and oxygen atoms in total. The highest BCUT2D eigenvalue weighted by Gasteiger charge is 2.50. The molecule has 0 amide bonds. The lowest BCUT2D eigenvalue weighted by molar-refractivity contribution is 0.434. The van der Waals surface area contributed by atoms with Crippen LogP contribution >= 0.6 is 0 Å². The van der Waals surface area contributed by atoms with Gasteiger partial charge in [0.25, 0.3) is 0 Å². The number of para-hydroxylation sites is 4. The first-order valence-electron chi connectivity index (χ1n) is 17.2. The van der Waals surface area contributed by atoms with Crippen LogP contribution < -0.4 is 4.74 Å². The summed E-state index contributed by atoms with van der Waals surface area (Å²) >= 11 is 0. The minimum Gasteiger partial charge on any atom is -0.457 e. The summed E-state index contributed by atoms with van der Waals surface area (Å²) < 4.78 is 9.23. The number of aromatic nitrogens is 4. The lowest BCUT2D eigenvalue weighted by Gasteiger charge is -2.45. The molecule has 1 unspecified atom stereocenters. The molecule has 9 aromatic rings. The Kier molecular flexibility index (Phi) is 5.81. The second kappa shape index (κ2) is 10.6. The molecule has 11 rings (SSSR count). The van der Waals surface area contributed by atoms with Crippen molar-refractivity contribution in [2.45, 2.75) is 5.41 Å². The van der Waals surface area contributed by atoms with Crippen LogP contribution in [0, 0.1) is 0 Å². The zero-order chi connectivity index (χ0) is 33.5. The van der Waals surface area contributed by atoms with E-state index in [1.165, 1.54) is 32.9 Å². The molecule has 238 valence electrons. The van der Waals surface area contributed by atoms with Gasteiger partial charge in [-0.15, -0.1) is 0 Å². The summed E-state index contributed by atoms with van der Waals surface area (Å²) in [4.78, 5) is 15.2. The highest BCUT2D eigenvalue weighted by molar-refractivity contribution is 6.12. The van der Waals surface area contributed by atoms with Crippen LogP contribution in [0.15, 0.2) is 170 Å². The first kappa shape index (κ1) is 28.0. The molecular formula is C46H28N4O. The van der Waals surface area contributed by atoms with Gasteiger partial charge in [0.1, 0.15) is 11.5 Å². The van der Waals surface area contributed by atoms with Gasteiger partial charge in [0.05, 0.1) is 22.1 Å². The van der Waals surface area contributed by atoms with E-state index in [4.69, 9.17) is 19.7 Å². The Morgan fingerprint density at radius 2 is 0.980 bits per heavy atom. The largest absolute Gasteiger partial charge is 0.457 e. The van der Waals surface area contributed by atoms with Gasteiger partial charge in [-0.05, 0) is 47.5 Å². The van der Waals surface area contributed by atoms with Gasteiger partial charge in [-0.3, -0.25) is 0 Å². The van der Waals surface area contributed by atoms with Gasteiger partial charge in [-0.25, -0.2) is 15.0 Å². The Balaban J connectivity index is 1.24. The lowest BCUT2D eigenvalue weighted by Crippen LogP contribution is -2.37. The third kappa shape index (κ3) is 3.88. The molecule has 1 spiro atoms. The van der Waals surface area contributed by atoms with Gasteiger partial charge >= 0.3 is 0 Å². The normalized spacial score (nSPS) is 15.3. The summed E-state index contributed by atoms with van der Waals surface area (Å²) in [7, 11) is 0. The highest BCUT2D eigenvalue weighted by atomic mass is 16.5. The van der Waals surface area contributed by atoms with Crippen LogP contribution in [-0.2, 0) is 5.41 Å². The van der Waals surface area contributed by atoms with Gasteiger partial charge in [0.2, 0.25) is 0 Å². The maximum absolute atomic E-state index is 6.78. The van der Waals surface area contributed by atoms with Crippen molar-refractivity contribution in [3.05, 3.63) is 192 Å². The number of hydrogen-bond donors (Lipinski definition) is 0. The van der Waals surface area contributed by atoms with Crippen LogP contribution in [0.2, 0.25) is 0 Å². The van der Waals surface area contributed by atoms with E-state index < -0.39 is 5.41 Å². The van der Waals surface area contributed by atoms with Gasteiger partial charge in [-0.2, -0.15) is 0 Å². The average molecular weight is 653 g/mol. The van der Waals surface area contributed by atoms with E-state index in [0.29, 0.717) is 17.5 Å². The molecule has 51 heavy (non-hydrogen) atoms. The van der Waals surface area contributed by atoms with Gasteiger partial charge in [0.15, 0.2) is 17.5 Å². The molecule has 7 aromatic carbocycles. The third-order valence-corrected chi connectivity index (χ3v) is 10.5. The van der Waals surface area contributed by atoms with E-state index in [1.807, 2.05) is 60.7 Å². The van der Waals surface area contributed by atoms with E-state index in [2.05, 4.69) is 114 Å². The first-order valence-corrected chi connectivity index (χ1v) is 17.2. The molecule has 0 fully saturated rings. The molecule has 1 atom stereocenters. The molecule has 2 aromatic heterocycles. The molecule has 0 N–H and O–H groups in total. The van der Waals surface area contributed by atoms with Crippen LogP contribution in [0.3, 0.4) is 0 Å². The Bertz CT molecular complexity index is 2790. The van der Waals surface area contributed by atoms with Crippen LogP contribution in [0.4, 0.5) is 0 Å². The van der Waals surface area contributed by atoms with Crippen molar-refractivity contribution in [3.8, 4) is 51.3 Å². The number of benzene rings is 7. The zero-order valence-electron chi connectivity index (χ0n) is 27.4. The SMILES string of the molecule is c1ccc(-c2nc(-c3ccccc3)nc(-c3ccc4c(c3)C3(c5ccccc5O4)c4ccccc4-n4c5ccccc5c5cccc3c54)n2)cc1. The van der Waals surface area contributed by atoms with Crippen LogP contribution in [0.25, 0.3) is 61.7 Å². The molecule has 0 saturated carbocycles. The van der Waals surface area contributed by atoms with E-state index >= 15 is 0 Å². The maximum atomic E-state index is 6.78. The van der Waals surface area contributed by atoms with Crippen LogP contribution in [-0.4, -0.2) is 19.5 Å². The molecule has 5 heteroatoms. The van der Waals surface area contributed by atoms with Crippen LogP contribution in [0.5, 0.6) is 11.5 Å². The Morgan fingerprint density at radius 3 is 1.75 bits per heavy atom. The Hall–Kier alpha value is -6.85. The monoisotopic (exact) mass is 652 g/mol. The summed E-state index contributed by atoms with van der Waals surface area (Å²) in [5.41, 5.74) is 10.2. The summed E-state index contributed by atoms with van der Waals surface area (Å²) in [6, 6.07) is 59.4. The molecule has 0 saturated heterocycles. The van der Waals surface area contributed by atoms with Gasteiger partial charge in [-0.1, -0.05) is 133 Å². The number of hydrogen-bond acceptors (Lipinski definition) is 4. The minimum absolute atomic E-state index is 0.607. The molecule has 2 aliphatic rings. The van der Waals surface area contributed by atoms with Gasteiger partial charge < -0.3 is 9.30 Å². The summed E-state index contributed by atoms with van der Waals surface area (Å²) in [5, 5.41) is 2.47.